The molecule has 0 spiro atoms. The molecule has 0 saturated heterocycles. The molecule has 11 aromatic carbocycles. The van der Waals surface area contributed by atoms with Gasteiger partial charge in [0, 0.05) is 50.6 Å². The first-order chi connectivity index (χ1) is 36.7. The van der Waals surface area contributed by atoms with Gasteiger partial charge in [-0.2, -0.15) is 0 Å². The monoisotopic (exact) mass is 874 g/mol. The Labute approximate surface area is 406 Å². The van der Waals surface area contributed by atoms with Crippen molar-refractivity contribution in [2.24, 2.45) is 0 Å². The van der Waals surface area contributed by atoms with Crippen LogP contribution in [-0.4, -0.2) is 4.57 Å². The zero-order valence-corrected chi connectivity index (χ0v) is 36.8. The van der Waals surface area contributed by atoms with E-state index in [4.69, 9.17) is 4.11 Å². The van der Waals surface area contributed by atoms with Crippen LogP contribution in [0.4, 0.5) is 34.1 Å². The zero-order chi connectivity index (χ0) is 51.1. The fourth-order valence-corrected chi connectivity index (χ4v) is 10.6. The predicted molar refractivity (Wildman–Crippen MR) is 285 cm³/mol. The van der Waals surface area contributed by atoms with Crippen molar-refractivity contribution < 1.29 is 9.60 Å². The second-order valence-corrected chi connectivity index (χ2v) is 17.1. The Morgan fingerprint density at radius 3 is 1.38 bits per heavy atom. The number of hydrogen-bond donors (Lipinski definition) is 0. The van der Waals surface area contributed by atoms with E-state index in [1.165, 1.54) is 0 Å². The van der Waals surface area contributed by atoms with Crippen LogP contribution >= 0.6 is 0 Å². The normalized spacial score (nSPS) is 14.0. The summed E-state index contributed by atoms with van der Waals surface area (Å²) >= 11 is 0. The summed E-state index contributed by atoms with van der Waals surface area (Å²) in [4.78, 5) is 4.44. The maximum Gasteiger partial charge on any atom is 0.0734 e. The molecule has 0 bridgehead atoms. The number of hydrogen-bond acceptors (Lipinski definition) is 2. The molecule has 1 aromatic heterocycles. The van der Waals surface area contributed by atoms with Crippen molar-refractivity contribution in [2.75, 3.05) is 9.80 Å². The summed E-state index contributed by atoms with van der Waals surface area (Å²) < 4.78 is 69.1. The van der Waals surface area contributed by atoms with Gasteiger partial charge in [-0.3, -0.25) is 0 Å². The molecular formula is C65H45N3. The Balaban J connectivity index is 1.24. The SMILES string of the molecule is [2H]c1c([2H])c([2H])c2c([2H])c(C3(c4cccc5c6ccccc6n(-c6ccccc6)c45)c4ccc(N(c5ccccc5)c5ccccc5)cc4-c4cc(N(c5ccccc5)c5ccccc5)ccc43)c([2H])c([2H])c2c1[2H]. The number of nitrogens with zero attached hydrogens (tertiary/aromatic N) is 3. The van der Waals surface area contributed by atoms with Crippen molar-refractivity contribution in [1.82, 2.24) is 4.57 Å². The van der Waals surface area contributed by atoms with Crippen molar-refractivity contribution in [3.05, 3.63) is 295 Å². The van der Waals surface area contributed by atoms with Crippen LogP contribution in [0.2, 0.25) is 0 Å². The highest BCUT2D eigenvalue weighted by molar-refractivity contribution is 6.12. The van der Waals surface area contributed by atoms with E-state index in [-0.39, 0.29) is 34.5 Å². The number of fused-ring (bicyclic) bond motifs is 7. The third kappa shape index (κ3) is 6.21. The Morgan fingerprint density at radius 1 is 0.368 bits per heavy atom. The van der Waals surface area contributed by atoms with Gasteiger partial charge in [0.2, 0.25) is 0 Å². The maximum absolute atomic E-state index is 10.5. The van der Waals surface area contributed by atoms with E-state index >= 15 is 0 Å². The van der Waals surface area contributed by atoms with Crippen LogP contribution in [0.5, 0.6) is 0 Å². The van der Waals surface area contributed by atoms with Gasteiger partial charge < -0.3 is 14.4 Å². The lowest BCUT2D eigenvalue weighted by Crippen LogP contribution is -2.29. The van der Waals surface area contributed by atoms with Crippen molar-refractivity contribution >= 4 is 66.7 Å². The van der Waals surface area contributed by atoms with Crippen LogP contribution in [0.1, 0.15) is 31.8 Å². The molecule has 3 nitrogen and oxygen atoms in total. The first-order valence-corrected chi connectivity index (χ1v) is 22.9. The van der Waals surface area contributed by atoms with Gasteiger partial charge in [0.05, 0.1) is 26.0 Å². The molecule has 3 heteroatoms. The zero-order valence-electron chi connectivity index (χ0n) is 43.8. The molecule has 0 fully saturated rings. The standard InChI is InChI=1S/C65H45N3/c1-6-23-49(24-7-1)66(50-25-8-2-9-26-50)54-39-41-60-58(44-54)59-45-55(67(51-27-10-3-11-28-51)52-29-12-4-13-30-52)40-42-61(59)65(60,48-38-37-46-21-16-17-22-47(46)43-48)62-35-20-34-57-56-33-18-19-36-63(56)68(64(57)62)53-31-14-5-15-32-53/h1-45H/i16D,17D,21D,22D,37D,38D,43D. The molecule has 1 aliphatic rings. The average molecular weight is 875 g/mol. The summed E-state index contributed by atoms with van der Waals surface area (Å²) in [7, 11) is 0. The summed E-state index contributed by atoms with van der Waals surface area (Å²) in [6.07, 6.45) is 0. The van der Waals surface area contributed by atoms with Crippen LogP contribution in [0.25, 0.3) is 49.4 Å². The molecule has 1 heterocycles. The Morgan fingerprint density at radius 2 is 0.838 bits per heavy atom. The number of para-hydroxylation sites is 7. The largest absolute Gasteiger partial charge is 0.310 e. The van der Waals surface area contributed by atoms with Gasteiger partial charge in [0.25, 0.3) is 0 Å². The molecule has 13 rings (SSSR count). The minimum Gasteiger partial charge on any atom is -0.310 e. The smallest absolute Gasteiger partial charge is 0.0734 e. The van der Waals surface area contributed by atoms with Crippen LogP contribution < -0.4 is 9.80 Å². The minimum atomic E-state index is -1.55. The van der Waals surface area contributed by atoms with Gasteiger partial charge in [-0.1, -0.05) is 176 Å². The molecule has 12 aromatic rings. The maximum atomic E-state index is 10.5. The molecule has 1 aliphatic carbocycles. The molecule has 68 heavy (non-hydrogen) atoms. The van der Waals surface area contributed by atoms with E-state index in [1.54, 1.807) is 0 Å². The van der Waals surface area contributed by atoms with Gasteiger partial charge in [0.1, 0.15) is 0 Å². The molecule has 0 atom stereocenters. The summed E-state index contributed by atoms with van der Waals surface area (Å²) in [5.74, 6) is 0. The molecule has 0 radical (unpaired) electrons. The van der Waals surface area contributed by atoms with E-state index < -0.39 is 29.6 Å². The van der Waals surface area contributed by atoms with Crippen LogP contribution in [0.3, 0.4) is 0 Å². The van der Waals surface area contributed by atoms with Crippen LogP contribution in [0.15, 0.2) is 273 Å². The minimum absolute atomic E-state index is 0.103. The van der Waals surface area contributed by atoms with Crippen molar-refractivity contribution in [3.8, 4) is 16.8 Å². The van der Waals surface area contributed by atoms with Crippen molar-refractivity contribution in [1.29, 1.82) is 0 Å². The van der Waals surface area contributed by atoms with E-state index in [0.29, 0.717) is 0 Å². The van der Waals surface area contributed by atoms with Gasteiger partial charge in [-0.25, -0.2) is 0 Å². The van der Waals surface area contributed by atoms with Crippen LogP contribution in [-0.2, 0) is 5.41 Å². The van der Waals surface area contributed by atoms with Crippen molar-refractivity contribution in [3.63, 3.8) is 0 Å². The second-order valence-electron chi connectivity index (χ2n) is 17.1. The van der Waals surface area contributed by atoms with E-state index in [0.717, 1.165) is 89.4 Å². The lowest BCUT2D eigenvalue weighted by Gasteiger charge is -2.35. The summed E-state index contributed by atoms with van der Waals surface area (Å²) in [5.41, 5.74) is 10.7. The lowest BCUT2D eigenvalue weighted by molar-refractivity contribution is 0.773. The van der Waals surface area contributed by atoms with Gasteiger partial charge in [-0.15, -0.1) is 0 Å². The average Bonchev–Trinajstić information content (AvgIpc) is 3.97. The number of aromatic nitrogens is 1. The Bertz CT molecular complexity index is 4000. The van der Waals surface area contributed by atoms with E-state index in [1.807, 2.05) is 109 Å². The Hall–Kier alpha value is -8.92. The quantitative estimate of drug-likeness (QED) is 0.143. The molecule has 0 N–H and O–H groups in total. The summed E-state index contributed by atoms with van der Waals surface area (Å²) in [6.45, 7) is 0. The predicted octanol–water partition coefficient (Wildman–Crippen LogP) is 17.2. The third-order valence-electron chi connectivity index (χ3n) is 13.4. The lowest BCUT2D eigenvalue weighted by atomic mass is 9.67. The fourth-order valence-electron chi connectivity index (χ4n) is 10.6. The highest BCUT2D eigenvalue weighted by atomic mass is 15.1. The van der Waals surface area contributed by atoms with Crippen molar-refractivity contribution in [2.45, 2.75) is 5.41 Å². The first kappa shape index (κ1) is 32.7. The second kappa shape index (κ2) is 16.2. The Kier molecular flexibility index (Phi) is 7.79. The van der Waals surface area contributed by atoms with Crippen LogP contribution in [0, 0.1) is 0 Å². The first-order valence-electron chi connectivity index (χ1n) is 26.4. The van der Waals surface area contributed by atoms with E-state index in [2.05, 4.69) is 136 Å². The van der Waals surface area contributed by atoms with Gasteiger partial charge >= 0.3 is 0 Å². The highest BCUT2D eigenvalue weighted by Gasteiger charge is 2.48. The number of benzene rings is 11. The van der Waals surface area contributed by atoms with Gasteiger partial charge in [0.15, 0.2) is 0 Å². The third-order valence-corrected chi connectivity index (χ3v) is 13.4. The molecule has 0 saturated carbocycles. The molecular weight excluding hydrogens is 823 g/mol. The molecule has 320 valence electrons. The topological polar surface area (TPSA) is 11.4 Å². The van der Waals surface area contributed by atoms with Gasteiger partial charge in [-0.05, 0) is 141 Å². The molecule has 0 unspecified atom stereocenters. The van der Waals surface area contributed by atoms with E-state index in [9.17, 15) is 5.48 Å². The number of rotatable bonds is 9. The highest BCUT2D eigenvalue weighted by Crippen LogP contribution is 2.60. The summed E-state index contributed by atoms with van der Waals surface area (Å²) in [6, 6.07) is 75.6. The number of anilines is 6. The molecule has 0 amide bonds. The summed E-state index contributed by atoms with van der Waals surface area (Å²) in [5, 5.41) is 1.69. The molecule has 0 aliphatic heterocycles. The fraction of sp³-hybridized carbons (Fsp3) is 0.0154.